The summed E-state index contributed by atoms with van der Waals surface area (Å²) in [4.78, 5) is 6.70. The van der Waals surface area contributed by atoms with E-state index in [1.807, 2.05) is 7.05 Å². The minimum Gasteiger partial charge on any atom is -0.312 e. The van der Waals surface area contributed by atoms with Crippen LogP contribution in [0.2, 0.25) is 0 Å². The fraction of sp³-hybridized carbons (Fsp3) is 0.667. The summed E-state index contributed by atoms with van der Waals surface area (Å²) in [5.41, 5.74) is 0.916. The summed E-state index contributed by atoms with van der Waals surface area (Å²) in [5.74, 6) is 0.921. The molecule has 1 atom stereocenters. The zero-order valence-corrected chi connectivity index (χ0v) is 13.3. The van der Waals surface area contributed by atoms with E-state index in [-0.39, 0.29) is 11.9 Å². The predicted molar refractivity (Wildman–Crippen MR) is 83.6 cm³/mol. The molecule has 0 amide bonds. The number of hydrogen-bond acceptors (Lipinski definition) is 4. The zero-order valence-electron chi connectivity index (χ0n) is 12.5. The van der Waals surface area contributed by atoms with Gasteiger partial charge in [-0.2, -0.15) is 11.8 Å². The van der Waals surface area contributed by atoms with Crippen LogP contribution in [0, 0.1) is 5.82 Å². The lowest BCUT2D eigenvalue weighted by molar-refractivity contribution is 0.246. The molecule has 0 aliphatic carbocycles. The van der Waals surface area contributed by atoms with Crippen LogP contribution in [0.15, 0.2) is 18.3 Å². The van der Waals surface area contributed by atoms with E-state index in [9.17, 15) is 4.39 Å². The zero-order chi connectivity index (χ0) is 14.6. The minimum atomic E-state index is -0.279. The second-order valence-corrected chi connectivity index (χ2v) is 7.72. The fourth-order valence-corrected chi connectivity index (χ4v) is 3.83. The van der Waals surface area contributed by atoms with Gasteiger partial charge in [-0.05, 0) is 39.4 Å². The van der Waals surface area contributed by atoms with Gasteiger partial charge >= 0.3 is 0 Å². The first-order chi connectivity index (χ1) is 9.50. The highest BCUT2D eigenvalue weighted by Gasteiger charge is 2.27. The molecule has 0 bridgehead atoms. The first-order valence-electron chi connectivity index (χ1n) is 7.15. The molecule has 20 heavy (non-hydrogen) atoms. The highest BCUT2D eigenvalue weighted by atomic mass is 32.2. The Morgan fingerprint density at radius 1 is 1.50 bits per heavy atom. The molecule has 1 saturated heterocycles. The molecule has 5 heteroatoms. The van der Waals surface area contributed by atoms with Gasteiger partial charge in [0.15, 0.2) is 0 Å². The van der Waals surface area contributed by atoms with Gasteiger partial charge in [-0.1, -0.05) is 0 Å². The maximum absolute atomic E-state index is 12.9. The van der Waals surface area contributed by atoms with Crippen LogP contribution in [0.1, 0.15) is 32.0 Å². The van der Waals surface area contributed by atoms with E-state index in [2.05, 4.69) is 40.8 Å². The van der Waals surface area contributed by atoms with Gasteiger partial charge in [-0.25, -0.2) is 4.39 Å². The van der Waals surface area contributed by atoms with Crippen LogP contribution in [-0.2, 0) is 0 Å². The number of halogens is 1. The number of hydrogen-bond donors (Lipinski definition) is 1. The van der Waals surface area contributed by atoms with Gasteiger partial charge in [-0.15, -0.1) is 0 Å². The summed E-state index contributed by atoms with van der Waals surface area (Å²) in [5, 5.41) is 3.28. The number of pyridine rings is 1. The molecule has 1 unspecified atom stereocenters. The van der Waals surface area contributed by atoms with Crippen LogP contribution in [0.5, 0.6) is 0 Å². The Balaban J connectivity index is 1.89. The van der Waals surface area contributed by atoms with E-state index in [1.165, 1.54) is 18.0 Å². The van der Waals surface area contributed by atoms with E-state index in [0.717, 1.165) is 31.7 Å². The molecule has 112 valence electrons. The number of aromatic nitrogens is 1. The molecule has 1 fully saturated rings. The number of rotatable bonds is 5. The van der Waals surface area contributed by atoms with Crippen LogP contribution in [0.4, 0.5) is 4.39 Å². The van der Waals surface area contributed by atoms with Crippen LogP contribution < -0.4 is 5.32 Å². The molecule has 2 rings (SSSR count). The van der Waals surface area contributed by atoms with Crippen molar-refractivity contribution < 1.29 is 4.39 Å². The first-order valence-corrected chi connectivity index (χ1v) is 8.14. The molecule has 1 aliphatic heterocycles. The van der Waals surface area contributed by atoms with Crippen LogP contribution in [0.3, 0.4) is 0 Å². The van der Waals surface area contributed by atoms with Crippen molar-refractivity contribution in [2.75, 3.05) is 32.4 Å². The average Bonchev–Trinajstić information content (AvgIpc) is 2.40. The van der Waals surface area contributed by atoms with E-state index < -0.39 is 0 Å². The summed E-state index contributed by atoms with van der Waals surface area (Å²) in [6.07, 6.45) is 2.29. The van der Waals surface area contributed by atoms with E-state index in [4.69, 9.17) is 0 Å². The van der Waals surface area contributed by atoms with Crippen molar-refractivity contribution in [2.24, 2.45) is 0 Å². The smallest absolute Gasteiger partial charge is 0.141 e. The fourth-order valence-electron chi connectivity index (χ4n) is 2.65. The SMILES string of the molecule is CNC(CCN1CCSC(C)(C)C1)c1ccc(F)cn1. The first kappa shape index (κ1) is 15.7. The molecule has 2 heterocycles. The molecule has 1 aliphatic rings. The molecule has 0 saturated carbocycles. The molecule has 0 radical (unpaired) electrons. The Kier molecular flexibility index (Phi) is 5.41. The van der Waals surface area contributed by atoms with Gasteiger partial charge in [0, 0.05) is 30.1 Å². The van der Waals surface area contributed by atoms with Crippen molar-refractivity contribution >= 4 is 11.8 Å². The second-order valence-electron chi connectivity index (χ2n) is 5.92. The quantitative estimate of drug-likeness (QED) is 0.904. The summed E-state index contributed by atoms with van der Waals surface area (Å²) < 4.78 is 13.3. The molecule has 0 spiro atoms. The number of nitrogens with zero attached hydrogens (tertiary/aromatic N) is 2. The molecular weight excluding hydrogens is 273 g/mol. The third-order valence-corrected chi connectivity index (χ3v) is 4.99. The van der Waals surface area contributed by atoms with Crippen molar-refractivity contribution in [3.63, 3.8) is 0 Å². The van der Waals surface area contributed by atoms with Crippen molar-refractivity contribution in [2.45, 2.75) is 31.1 Å². The monoisotopic (exact) mass is 297 g/mol. The molecule has 1 N–H and O–H groups in total. The highest BCUT2D eigenvalue weighted by molar-refractivity contribution is 8.00. The third-order valence-electron chi connectivity index (χ3n) is 3.69. The van der Waals surface area contributed by atoms with Crippen LogP contribution in [-0.4, -0.2) is 47.1 Å². The lowest BCUT2D eigenvalue weighted by atomic mass is 10.1. The van der Waals surface area contributed by atoms with Gasteiger partial charge < -0.3 is 10.2 Å². The topological polar surface area (TPSA) is 28.2 Å². The molecule has 0 aromatic carbocycles. The Hall–Kier alpha value is -0.650. The Bertz CT molecular complexity index is 422. The molecule has 1 aromatic rings. The predicted octanol–water partition coefficient (Wildman–Crippen LogP) is 2.70. The Morgan fingerprint density at radius 3 is 2.90 bits per heavy atom. The van der Waals surface area contributed by atoms with Gasteiger partial charge in [0.2, 0.25) is 0 Å². The van der Waals surface area contributed by atoms with Crippen molar-refractivity contribution in [3.8, 4) is 0 Å². The van der Waals surface area contributed by atoms with Gasteiger partial charge in [0.25, 0.3) is 0 Å². The lowest BCUT2D eigenvalue weighted by Crippen LogP contribution is -2.44. The minimum absolute atomic E-state index is 0.188. The van der Waals surface area contributed by atoms with Crippen molar-refractivity contribution in [3.05, 3.63) is 29.8 Å². The summed E-state index contributed by atoms with van der Waals surface area (Å²) >= 11 is 2.05. The Labute approximate surface area is 125 Å². The third kappa shape index (κ3) is 4.43. The van der Waals surface area contributed by atoms with Gasteiger partial charge in [0.1, 0.15) is 5.82 Å². The average molecular weight is 297 g/mol. The molecule has 1 aromatic heterocycles. The van der Waals surface area contributed by atoms with Crippen LogP contribution >= 0.6 is 11.8 Å². The molecule has 3 nitrogen and oxygen atoms in total. The largest absolute Gasteiger partial charge is 0.312 e. The van der Waals surface area contributed by atoms with Crippen molar-refractivity contribution in [1.29, 1.82) is 0 Å². The maximum Gasteiger partial charge on any atom is 0.141 e. The lowest BCUT2D eigenvalue weighted by Gasteiger charge is -2.38. The highest BCUT2D eigenvalue weighted by Crippen LogP contribution is 2.29. The maximum atomic E-state index is 12.9. The van der Waals surface area contributed by atoms with Crippen LogP contribution in [0.25, 0.3) is 0 Å². The number of nitrogens with one attached hydrogen (secondary N) is 1. The second kappa shape index (κ2) is 6.87. The van der Waals surface area contributed by atoms with Crippen molar-refractivity contribution in [1.82, 2.24) is 15.2 Å². The molecular formula is C15H24FN3S. The standard InChI is InChI=1S/C15H24FN3S/c1-15(2)11-19(8-9-20-15)7-6-13(17-3)14-5-4-12(16)10-18-14/h4-5,10,13,17H,6-9,11H2,1-3H3. The Morgan fingerprint density at radius 2 is 2.30 bits per heavy atom. The van der Waals surface area contributed by atoms with Gasteiger partial charge in [-0.3, -0.25) is 4.98 Å². The van der Waals surface area contributed by atoms with E-state index in [0.29, 0.717) is 4.75 Å². The summed E-state index contributed by atoms with van der Waals surface area (Å²) in [6.45, 7) is 7.95. The van der Waals surface area contributed by atoms with E-state index in [1.54, 1.807) is 6.07 Å². The van der Waals surface area contributed by atoms with Gasteiger partial charge in [0.05, 0.1) is 17.9 Å². The normalized spacial score (nSPS) is 20.8. The van der Waals surface area contributed by atoms with E-state index >= 15 is 0 Å². The summed E-state index contributed by atoms with van der Waals surface area (Å²) in [7, 11) is 1.94. The number of thioether (sulfide) groups is 1. The summed E-state index contributed by atoms with van der Waals surface area (Å²) in [6, 6.07) is 3.44.